The molecule has 0 bridgehead atoms. The van der Waals surface area contributed by atoms with Gasteiger partial charge in [0.1, 0.15) is 5.82 Å². The van der Waals surface area contributed by atoms with E-state index in [2.05, 4.69) is 10.1 Å². The Morgan fingerprint density at radius 2 is 2.25 bits per heavy atom. The summed E-state index contributed by atoms with van der Waals surface area (Å²) in [6, 6.07) is 4.10. The molecule has 0 spiro atoms. The fourth-order valence-corrected chi connectivity index (χ4v) is 1.26. The molecular weight excluding hydrogens is 209 g/mol. The molecule has 0 heterocycles. The van der Waals surface area contributed by atoms with Gasteiger partial charge in [-0.2, -0.15) is 0 Å². The van der Waals surface area contributed by atoms with Crippen LogP contribution in [0.5, 0.6) is 0 Å². The third-order valence-electron chi connectivity index (χ3n) is 1.97. The molecule has 16 heavy (non-hydrogen) atoms. The van der Waals surface area contributed by atoms with Gasteiger partial charge >= 0.3 is 5.97 Å². The van der Waals surface area contributed by atoms with Crippen molar-refractivity contribution in [3.8, 4) is 0 Å². The van der Waals surface area contributed by atoms with Gasteiger partial charge in [0.05, 0.1) is 12.7 Å². The van der Waals surface area contributed by atoms with E-state index in [0.717, 1.165) is 6.07 Å². The van der Waals surface area contributed by atoms with Gasteiger partial charge in [0.2, 0.25) is 0 Å². The van der Waals surface area contributed by atoms with Crippen LogP contribution in [-0.4, -0.2) is 26.7 Å². The van der Waals surface area contributed by atoms with Gasteiger partial charge in [-0.15, -0.1) is 0 Å². The Kier molecular flexibility index (Phi) is 4.66. The van der Waals surface area contributed by atoms with Crippen LogP contribution >= 0.6 is 0 Å². The first kappa shape index (κ1) is 12.4. The molecule has 0 aliphatic rings. The number of carbonyl (C=O) groups is 1. The van der Waals surface area contributed by atoms with Crippen molar-refractivity contribution < 1.29 is 13.9 Å². The molecule has 0 amide bonds. The standard InChI is InChI=1S/C12H14FNO2/c1-14-5-3-4-9-6-10(12(15)16-2)8-11(13)7-9/h3-4,6-8,14H,5H2,1-2H3. The van der Waals surface area contributed by atoms with Crippen molar-refractivity contribution in [2.45, 2.75) is 0 Å². The molecule has 86 valence electrons. The average Bonchev–Trinajstić information content (AvgIpc) is 2.27. The highest BCUT2D eigenvalue weighted by Gasteiger charge is 2.07. The number of carbonyl (C=O) groups excluding carboxylic acids is 1. The normalized spacial score (nSPS) is 10.7. The van der Waals surface area contributed by atoms with Crippen LogP contribution in [0.4, 0.5) is 4.39 Å². The molecule has 0 atom stereocenters. The quantitative estimate of drug-likeness (QED) is 0.791. The number of esters is 1. The summed E-state index contributed by atoms with van der Waals surface area (Å²) in [5, 5.41) is 2.93. The van der Waals surface area contributed by atoms with E-state index in [1.165, 1.54) is 13.2 Å². The van der Waals surface area contributed by atoms with Crippen LogP contribution in [0, 0.1) is 5.82 Å². The molecule has 1 aromatic rings. The molecule has 0 aromatic heterocycles. The van der Waals surface area contributed by atoms with Gasteiger partial charge in [0.15, 0.2) is 0 Å². The van der Waals surface area contributed by atoms with E-state index in [9.17, 15) is 9.18 Å². The number of halogens is 1. The molecular formula is C12H14FNO2. The van der Waals surface area contributed by atoms with Crippen LogP contribution in [0.15, 0.2) is 24.3 Å². The third-order valence-corrected chi connectivity index (χ3v) is 1.97. The minimum Gasteiger partial charge on any atom is -0.465 e. The monoisotopic (exact) mass is 223 g/mol. The summed E-state index contributed by atoms with van der Waals surface area (Å²) >= 11 is 0. The van der Waals surface area contributed by atoms with Crippen molar-refractivity contribution in [2.75, 3.05) is 20.7 Å². The van der Waals surface area contributed by atoms with E-state index in [1.54, 1.807) is 12.1 Å². The van der Waals surface area contributed by atoms with Gasteiger partial charge in [-0.25, -0.2) is 9.18 Å². The van der Waals surface area contributed by atoms with Crippen LogP contribution in [-0.2, 0) is 4.74 Å². The number of likely N-dealkylation sites (N-methyl/N-ethyl adjacent to an activating group) is 1. The molecule has 4 heteroatoms. The van der Waals surface area contributed by atoms with E-state index in [1.807, 2.05) is 13.1 Å². The molecule has 0 unspecified atom stereocenters. The molecule has 0 radical (unpaired) electrons. The van der Waals surface area contributed by atoms with Gasteiger partial charge in [-0.3, -0.25) is 0 Å². The van der Waals surface area contributed by atoms with E-state index in [0.29, 0.717) is 12.1 Å². The summed E-state index contributed by atoms with van der Waals surface area (Å²) in [5.74, 6) is -0.991. The zero-order chi connectivity index (χ0) is 12.0. The summed E-state index contributed by atoms with van der Waals surface area (Å²) < 4.78 is 17.7. The van der Waals surface area contributed by atoms with E-state index in [-0.39, 0.29) is 5.56 Å². The number of benzene rings is 1. The predicted octanol–water partition coefficient (Wildman–Crippen LogP) is 1.84. The highest BCUT2D eigenvalue weighted by molar-refractivity contribution is 5.90. The predicted molar refractivity (Wildman–Crippen MR) is 60.7 cm³/mol. The zero-order valence-electron chi connectivity index (χ0n) is 9.29. The van der Waals surface area contributed by atoms with Crippen LogP contribution in [0.2, 0.25) is 0 Å². The topological polar surface area (TPSA) is 38.3 Å². The van der Waals surface area contributed by atoms with Gasteiger partial charge < -0.3 is 10.1 Å². The maximum Gasteiger partial charge on any atom is 0.337 e. The fraction of sp³-hybridized carbons (Fsp3) is 0.250. The van der Waals surface area contributed by atoms with Crippen molar-refractivity contribution in [1.29, 1.82) is 0 Å². The van der Waals surface area contributed by atoms with Crippen molar-refractivity contribution in [3.63, 3.8) is 0 Å². The largest absolute Gasteiger partial charge is 0.465 e. The smallest absolute Gasteiger partial charge is 0.337 e. The Balaban J connectivity index is 2.94. The Morgan fingerprint density at radius 1 is 1.50 bits per heavy atom. The molecule has 0 saturated carbocycles. The number of nitrogens with one attached hydrogen (secondary N) is 1. The van der Waals surface area contributed by atoms with Gasteiger partial charge in [0, 0.05) is 6.54 Å². The summed E-state index contributed by atoms with van der Waals surface area (Å²) in [5.41, 5.74) is 0.849. The lowest BCUT2D eigenvalue weighted by atomic mass is 10.1. The summed E-state index contributed by atoms with van der Waals surface area (Å²) in [6.07, 6.45) is 3.59. The second-order valence-electron chi connectivity index (χ2n) is 3.22. The number of hydrogen-bond acceptors (Lipinski definition) is 3. The highest BCUT2D eigenvalue weighted by atomic mass is 19.1. The SMILES string of the molecule is CNCC=Cc1cc(F)cc(C(=O)OC)c1. The third kappa shape index (κ3) is 3.47. The number of ether oxygens (including phenoxy) is 1. The summed E-state index contributed by atoms with van der Waals surface area (Å²) in [6.45, 7) is 0.685. The molecule has 0 saturated heterocycles. The molecule has 0 aliphatic carbocycles. The van der Waals surface area contributed by atoms with Crippen LogP contribution < -0.4 is 5.32 Å². The molecule has 1 rings (SSSR count). The van der Waals surface area contributed by atoms with Crippen LogP contribution in [0.1, 0.15) is 15.9 Å². The molecule has 0 aliphatic heterocycles. The van der Waals surface area contributed by atoms with E-state index >= 15 is 0 Å². The Morgan fingerprint density at radius 3 is 2.88 bits per heavy atom. The highest BCUT2D eigenvalue weighted by Crippen LogP contribution is 2.11. The zero-order valence-corrected chi connectivity index (χ0v) is 9.29. The summed E-state index contributed by atoms with van der Waals surface area (Å²) in [4.78, 5) is 11.2. The lowest BCUT2D eigenvalue weighted by Crippen LogP contribution is -2.04. The van der Waals surface area contributed by atoms with Gasteiger partial charge in [-0.05, 0) is 30.8 Å². The van der Waals surface area contributed by atoms with Crippen LogP contribution in [0.25, 0.3) is 6.08 Å². The van der Waals surface area contributed by atoms with E-state index in [4.69, 9.17) is 0 Å². The average molecular weight is 223 g/mol. The second-order valence-corrected chi connectivity index (χ2v) is 3.22. The first-order chi connectivity index (χ1) is 7.67. The number of hydrogen-bond donors (Lipinski definition) is 1. The first-order valence-electron chi connectivity index (χ1n) is 4.87. The maximum atomic E-state index is 13.2. The van der Waals surface area contributed by atoms with E-state index < -0.39 is 11.8 Å². The fourth-order valence-electron chi connectivity index (χ4n) is 1.26. The second kappa shape index (κ2) is 6.02. The minimum absolute atomic E-state index is 0.214. The lowest BCUT2D eigenvalue weighted by Gasteiger charge is -2.01. The summed E-state index contributed by atoms with van der Waals surface area (Å²) in [7, 11) is 3.08. The maximum absolute atomic E-state index is 13.2. The number of methoxy groups -OCH3 is 1. The molecule has 1 N–H and O–H groups in total. The lowest BCUT2D eigenvalue weighted by molar-refractivity contribution is 0.0600. The minimum atomic E-state index is -0.539. The van der Waals surface area contributed by atoms with Crippen molar-refractivity contribution >= 4 is 12.0 Å². The molecule has 0 fully saturated rings. The van der Waals surface area contributed by atoms with Crippen molar-refractivity contribution in [2.24, 2.45) is 0 Å². The van der Waals surface area contributed by atoms with Gasteiger partial charge in [-0.1, -0.05) is 12.2 Å². The van der Waals surface area contributed by atoms with Crippen LogP contribution in [0.3, 0.4) is 0 Å². The Bertz CT molecular complexity index is 402. The Hall–Kier alpha value is -1.68. The molecule has 1 aromatic carbocycles. The van der Waals surface area contributed by atoms with Crippen molar-refractivity contribution in [1.82, 2.24) is 5.32 Å². The Labute approximate surface area is 93.9 Å². The molecule has 3 nitrogen and oxygen atoms in total. The van der Waals surface area contributed by atoms with Gasteiger partial charge in [0.25, 0.3) is 0 Å². The number of rotatable bonds is 4. The first-order valence-corrected chi connectivity index (χ1v) is 4.87. The van der Waals surface area contributed by atoms with Crippen molar-refractivity contribution in [3.05, 3.63) is 41.2 Å².